The highest BCUT2D eigenvalue weighted by Gasteiger charge is 2.38. The summed E-state index contributed by atoms with van der Waals surface area (Å²) in [4.78, 5) is 28.1. The first-order valence-electron chi connectivity index (χ1n) is 13.1. The van der Waals surface area contributed by atoms with E-state index in [2.05, 4.69) is 27.7 Å². The van der Waals surface area contributed by atoms with E-state index in [1.165, 1.54) is 12.1 Å². The van der Waals surface area contributed by atoms with Crippen molar-refractivity contribution in [1.82, 2.24) is 26.5 Å². The van der Waals surface area contributed by atoms with E-state index in [0.29, 0.717) is 49.9 Å². The van der Waals surface area contributed by atoms with Crippen LogP contribution in [0.25, 0.3) is 0 Å². The van der Waals surface area contributed by atoms with Gasteiger partial charge in [0.1, 0.15) is 17.9 Å². The Hall–Kier alpha value is -3.94. The Balaban J connectivity index is 1.17. The number of benzene rings is 2. The van der Waals surface area contributed by atoms with Gasteiger partial charge in [-0.15, -0.1) is 5.53 Å². The predicted molar refractivity (Wildman–Crippen MR) is 141 cm³/mol. The van der Waals surface area contributed by atoms with E-state index in [9.17, 15) is 19.2 Å². The molecule has 2 fully saturated rings. The zero-order chi connectivity index (χ0) is 26.5. The van der Waals surface area contributed by atoms with Crippen molar-refractivity contribution in [2.75, 3.05) is 18.1 Å². The minimum Gasteiger partial charge on any atom is -0.340 e. The molecule has 1 saturated carbocycles. The lowest BCUT2D eigenvalue weighted by Crippen LogP contribution is -2.50. The van der Waals surface area contributed by atoms with Crippen molar-refractivity contribution < 1.29 is 14.0 Å². The Morgan fingerprint density at radius 3 is 2.66 bits per heavy atom. The Bertz CT molecular complexity index is 1210. The number of halogens is 1. The number of hydrogen-bond donors (Lipinski definition) is 4. The van der Waals surface area contributed by atoms with E-state index in [1.54, 1.807) is 28.2 Å². The van der Waals surface area contributed by atoms with E-state index in [4.69, 9.17) is 0 Å². The van der Waals surface area contributed by atoms with Gasteiger partial charge < -0.3 is 21.0 Å². The van der Waals surface area contributed by atoms with Crippen LogP contribution >= 0.6 is 0 Å². The maximum atomic E-state index is 13.4. The fourth-order valence-electron chi connectivity index (χ4n) is 5.14. The van der Waals surface area contributed by atoms with E-state index >= 15 is 0 Å². The number of hydrazine groups is 2. The van der Waals surface area contributed by atoms with Gasteiger partial charge >= 0.3 is 0 Å². The van der Waals surface area contributed by atoms with Gasteiger partial charge in [0.2, 0.25) is 5.91 Å². The molecule has 198 valence electrons. The number of carbonyl (C=O) groups is 2. The minimum absolute atomic E-state index is 0.202. The third-order valence-electron chi connectivity index (χ3n) is 7.35. The summed E-state index contributed by atoms with van der Waals surface area (Å²) in [5.41, 5.74) is 8.24. The molecular weight excluding hydrogens is 485 g/mol. The summed E-state index contributed by atoms with van der Waals surface area (Å²) in [6.45, 7) is 1.23. The van der Waals surface area contributed by atoms with Crippen LogP contribution in [0.4, 0.5) is 10.1 Å². The molecule has 2 heterocycles. The molecular formula is C28H32FN7O2. The van der Waals surface area contributed by atoms with Gasteiger partial charge in [0.15, 0.2) is 0 Å². The fraction of sp³-hybridized carbons (Fsp3) is 0.393. The number of amides is 2. The van der Waals surface area contributed by atoms with Crippen molar-refractivity contribution in [2.24, 2.45) is 0 Å². The van der Waals surface area contributed by atoms with Crippen LogP contribution in [0.5, 0.6) is 0 Å². The van der Waals surface area contributed by atoms with Crippen LogP contribution in [-0.2, 0) is 4.79 Å². The van der Waals surface area contributed by atoms with E-state index in [-0.39, 0.29) is 17.6 Å². The number of likely N-dealkylation sites (tertiary alicyclic amines) is 1. The third-order valence-corrected chi connectivity index (χ3v) is 7.35. The average Bonchev–Trinajstić information content (AvgIpc) is 3.31. The van der Waals surface area contributed by atoms with Crippen LogP contribution in [0.15, 0.2) is 60.9 Å². The standard InChI is InChI=1S/C28H32FN7O2/c29-21-9-5-19(6-10-21)24-17-26(24)31-13-1-4-25(28(38)35-15-2-3-23(35)18-30)33-27(37)20-7-11-22(12-8-20)36-16-14-32-34-36/h5-12,14,16,23-26,31-32,34H,1-4,13,15,17H2,(H,33,37)/t23?,24-,25-,26+/m0/s1. The number of nitrogens with zero attached hydrogens (tertiary/aromatic N) is 3. The van der Waals surface area contributed by atoms with Gasteiger partial charge in [0, 0.05) is 36.5 Å². The molecule has 0 aromatic heterocycles. The largest absolute Gasteiger partial charge is 0.340 e. The molecule has 1 saturated heterocycles. The second kappa shape index (κ2) is 11.6. The van der Waals surface area contributed by atoms with Crippen molar-refractivity contribution >= 4 is 17.5 Å². The number of hydrogen-bond acceptors (Lipinski definition) is 7. The second-order valence-electron chi connectivity index (χ2n) is 9.93. The van der Waals surface area contributed by atoms with E-state index in [1.807, 2.05) is 30.5 Å². The molecule has 1 aliphatic carbocycles. The summed E-state index contributed by atoms with van der Waals surface area (Å²) in [7, 11) is 0. The summed E-state index contributed by atoms with van der Waals surface area (Å²) in [6, 6.07) is 15.1. The summed E-state index contributed by atoms with van der Waals surface area (Å²) < 4.78 is 13.2. The maximum absolute atomic E-state index is 13.4. The highest BCUT2D eigenvalue weighted by atomic mass is 19.1. The Morgan fingerprint density at radius 1 is 1.16 bits per heavy atom. The molecule has 4 atom stereocenters. The third kappa shape index (κ3) is 5.96. The summed E-state index contributed by atoms with van der Waals surface area (Å²) in [5.74, 6) is -0.384. The highest BCUT2D eigenvalue weighted by molar-refractivity contribution is 5.98. The lowest BCUT2D eigenvalue weighted by atomic mass is 10.1. The molecule has 38 heavy (non-hydrogen) atoms. The van der Waals surface area contributed by atoms with Gasteiger partial charge in [-0.1, -0.05) is 12.1 Å². The van der Waals surface area contributed by atoms with Crippen LogP contribution in [0, 0.1) is 17.1 Å². The SMILES string of the molecule is N#CC1CCCN1C(=O)[C@H](CCCN[C@@H]1C[C@H]1c1ccc(F)cc1)NC(=O)c1ccc(N2C=CNN2)cc1. The Morgan fingerprint density at radius 2 is 1.95 bits per heavy atom. The fourth-order valence-corrected chi connectivity index (χ4v) is 5.14. The quantitative estimate of drug-likeness (QED) is 0.359. The molecule has 9 nitrogen and oxygen atoms in total. The second-order valence-corrected chi connectivity index (χ2v) is 9.93. The molecule has 0 bridgehead atoms. The maximum Gasteiger partial charge on any atom is 0.251 e. The number of anilines is 1. The van der Waals surface area contributed by atoms with Crippen molar-refractivity contribution in [1.29, 1.82) is 5.26 Å². The first-order valence-corrected chi connectivity index (χ1v) is 13.1. The van der Waals surface area contributed by atoms with Crippen molar-refractivity contribution in [3.05, 3.63) is 77.9 Å². The topological polar surface area (TPSA) is 113 Å². The van der Waals surface area contributed by atoms with Gasteiger partial charge in [0.25, 0.3) is 5.91 Å². The van der Waals surface area contributed by atoms with Gasteiger partial charge in [-0.2, -0.15) is 5.26 Å². The van der Waals surface area contributed by atoms with Gasteiger partial charge in [-0.05, 0) is 80.6 Å². The molecule has 0 radical (unpaired) electrons. The van der Waals surface area contributed by atoms with Gasteiger partial charge in [-0.25, -0.2) is 4.39 Å². The molecule has 2 aliphatic heterocycles. The lowest BCUT2D eigenvalue weighted by Gasteiger charge is -2.26. The number of nitrogens with one attached hydrogen (secondary N) is 4. The van der Waals surface area contributed by atoms with Crippen LogP contribution in [0.2, 0.25) is 0 Å². The smallest absolute Gasteiger partial charge is 0.251 e. The summed E-state index contributed by atoms with van der Waals surface area (Å²) >= 11 is 0. The first kappa shape index (κ1) is 25.7. The number of nitriles is 1. The van der Waals surface area contributed by atoms with Gasteiger partial charge in [0.05, 0.1) is 11.8 Å². The molecule has 5 rings (SSSR count). The monoisotopic (exact) mass is 517 g/mol. The Labute approximate surface area is 221 Å². The molecule has 2 aromatic rings. The summed E-state index contributed by atoms with van der Waals surface area (Å²) in [6.07, 6.45) is 7.17. The molecule has 2 amide bonds. The molecule has 1 unspecified atom stereocenters. The molecule has 3 aliphatic rings. The molecule has 4 N–H and O–H groups in total. The van der Waals surface area contributed by atoms with Crippen LogP contribution in [0.1, 0.15) is 53.9 Å². The number of rotatable bonds is 10. The van der Waals surface area contributed by atoms with Gasteiger partial charge in [-0.3, -0.25) is 14.6 Å². The van der Waals surface area contributed by atoms with E-state index < -0.39 is 12.1 Å². The molecule has 0 spiro atoms. The van der Waals surface area contributed by atoms with Crippen LogP contribution in [-0.4, -0.2) is 47.9 Å². The lowest BCUT2D eigenvalue weighted by molar-refractivity contribution is -0.133. The van der Waals surface area contributed by atoms with Crippen LogP contribution < -0.4 is 26.6 Å². The number of carbonyl (C=O) groups excluding carboxylic acids is 2. The molecule has 2 aromatic carbocycles. The Kier molecular flexibility index (Phi) is 7.86. The zero-order valence-electron chi connectivity index (χ0n) is 21.1. The van der Waals surface area contributed by atoms with Crippen molar-refractivity contribution in [2.45, 2.75) is 56.1 Å². The average molecular weight is 518 g/mol. The normalized spacial score (nSPS) is 22.6. The van der Waals surface area contributed by atoms with Crippen molar-refractivity contribution in [3.8, 4) is 6.07 Å². The molecule has 10 heteroatoms. The predicted octanol–water partition coefficient (Wildman–Crippen LogP) is 2.66. The van der Waals surface area contributed by atoms with Crippen molar-refractivity contribution in [3.63, 3.8) is 0 Å². The zero-order valence-corrected chi connectivity index (χ0v) is 21.1. The van der Waals surface area contributed by atoms with E-state index in [0.717, 1.165) is 24.1 Å². The summed E-state index contributed by atoms with van der Waals surface area (Å²) in [5, 5.41) is 17.7. The first-order chi connectivity index (χ1) is 18.5. The highest BCUT2D eigenvalue weighted by Crippen LogP contribution is 2.40. The minimum atomic E-state index is -0.711. The van der Waals surface area contributed by atoms with Crippen LogP contribution in [0.3, 0.4) is 0 Å².